The van der Waals surface area contributed by atoms with Crippen molar-refractivity contribution >= 4 is 17.3 Å². The first-order valence-corrected chi connectivity index (χ1v) is 6.03. The number of carbonyl (C=O) groups excluding carboxylic acids is 1. The van der Waals surface area contributed by atoms with Crippen LogP contribution in [0.1, 0.15) is 13.8 Å². The molecular formula is C12H16N2O6. The Hall–Kier alpha value is -2.19. The third-order valence-electron chi connectivity index (χ3n) is 2.65. The van der Waals surface area contributed by atoms with Gasteiger partial charge in [0.15, 0.2) is 0 Å². The maximum absolute atomic E-state index is 11.7. The molecule has 2 rings (SSSR count). The number of aliphatic hydroxyl groups excluding tert-OH is 2. The van der Waals surface area contributed by atoms with Gasteiger partial charge in [0.05, 0.1) is 23.8 Å². The molecule has 0 unspecified atom stereocenters. The van der Waals surface area contributed by atoms with Crippen LogP contribution in [0, 0.1) is 10.1 Å². The molecule has 0 saturated carbocycles. The molecular weight excluding hydrogens is 268 g/mol. The van der Waals surface area contributed by atoms with Gasteiger partial charge in [0.2, 0.25) is 5.60 Å². The van der Waals surface area contributed by atoms with E-state index < -0.39 is 29.6 Å². The normalized spacial score (nSPS) is 15.1. The first-order valence-electron chi connectivity index (χ1n) is 6.03. The third-order valence-corrected chi connectivity index (χ3v) is 2.65. The lowest BCUT2D eigenvalue weighted by molar-refractivity contribution is -0.384. The van der Waals surface area contributed by atoms with E-state index in [2.05, 4.69) is 5.32 Å². The first kappa shape index (κ1) is 15.9. The van der Waals surface area contributed by atoms with Crippen LogP contribution in [0.5, 0.6) is 5.75 Å². The van der Waals surface area contributed by atoms with Gasteiger partial charge in [-0.25, -0.2) is 0 Å². The molecule has 0 atom stereocenters. The number of amides is 1. The second-order valence-electron chi connectivity index (χ2n) is 3.80. The SMILES string of the molecule is CC.O=C1Nc2cc([N+](=O)[O-])ccc2OC1(CO)CO. The second kappa shape index (κ2) is 6.31. The number of non-ortho nitro benzene ring substituents is 1. The van der Waals surface area contributed by atoms with Crippen LogP contribution in [-0.4, -0.2) is 39.9 Å². The lowest BCUT2D eigenvalue weighted by Crippen LogP contribution is -2.56. The average molecular weight is 284 g/mol. The summed E-state index contributed by atoms with van der Waals surface area (Å²) >= 11 is 0. The van der Waals surface area contributed by atoms with Crippen molar-refractivity contribution in [3.63, 3.8) is 0 Å². The minimum absolute atomic E-state index is 0.131. The molecule has 0 aliphatic carbocycles. The molecule has 8 nitrogen and oxygen atoms in total. The number of nitro groups is 1. The second-order valence-corrected chi connectivity index (χ2v) is 3.80. The molecule has 0 spiro atoms. The van der Waals surface area contributed by atoms with Crippen LogP contribution in [0.15, 0.2) is 18.2 Å². The standard InChI is InChI=1S/C10H10N2O6.C2H6/c13-4-10(5-14)9(15)11-7-3-6(12(16)17)1-2-8(7)18-10;1-2/h1-3,13-14H,4-5H2,(H,11,15);1-2H3. The van der Waals surface area contributed by atoms with E-state index in [1.165, 1.54) is 12.1 Å². The molecule has 1 amide bonds. The molecule has 1 aromatic rings. The summed E-state index contributed by atoms with van der Waals surface area (Å²) in [6.45, 7) is 2.59. The van der Waals surface area contributed by atoms with Crippen molar-refractivity contribution in [2.24, 2.45) is 0 Å². The first-order chi connectivity index (χ1) is 9.52. The number of benzene rings is 1. The van der Waals surface area contributed by atoms with Crippen LogP contribution in [-0.2, 0) is 4.79 Å². The highest BCUT2D eigenvalue weighted by Crippen LogP contribution is 2.35. The molecule has 0 saturated heterocycles. The summed E-state index contributed by atoms with van der Waals surface area (Å²) in [4.78, 5) is 21.7. The maximum Gasteiger partial charge on any atom is 0.273 e. The summed E-state index contributed by atoms with van der Waals surface area (Å²) in [5.74, 6) is -0.594. The van der Waals surface area contributed by atoms with Crippen LogP contribution in [0.4, 0.5) is 11.4 Å². The Morgan fingerprint density at radius 1 is 1.35 bits per heavy atom. The van der Waals surface area contributed by atoms with Gasteiger partial charge >= 0.3 is 0 Å². The summed E-state index contributed by atoms with van der Waals surface area (Å²) in [7, 11) is 0. The fourth-order valence-corrected chi connectivity index (χ4v) is 1.57. The Labute approximate surface area is 115 Å². The van der Waals surface area contributed by atoms with Crippen molar-refractivity contribution in [3.8, 4) is 5.75 Å². The van der Waals surface area contributed by atoms with Crippen LogP contribution in [0.25, 0.3) is 0 Å². The van der Waals surface area contributed by atoms with Crippen molar-refractivity contribution in [1.29, 1.82) is 0 Å². The fourth-order valence-electron chi connectivity index (χ4n) is 1.57. The number of fused-ring (bicyclic) bond motifs is 1. The van der Waals surface area contributed by atoms with E-state index in [0.717, 1.165) is 6.07 Å². The van der Waals surface area contributed by atoms with Crippen LogP contribution in [0.3, 0.4) is 0 Å². The zero-order valence-corrected chi connectivity index (χ0v) is 11.1. The lowest BCUT2D eigenvalue weighted by Gasteiger charge is -2.34. The predicted molar refractivity (Wildman–Crippen MR) is 70.6 cm³/mol. The zero-order valence-electron chi connectivity index (χ0n) is 11.1. The molecule has 1 heterocycles. The van der Waals surface area contributed by atoms with E-state index in [0.29, 0.717) is 0 Å². The highest BCUT2D eigenvalue weighted by molar-refractivity contribution is 6.01. The van der Waals surface area contributed by atoms with Crippen LogP contribution >= 0.6 is 0 Å². The molecule has 0 bridgehead atoms. The van der Waals surface area contributed by atoms with Gasteiger partial charge in [-0.2, -0.15) is 0 Å². The van der Waals surface area contributed by atoms with Gasteiger partial charge < -0.3 is 20.3 Å². The molecule has 20 heavy (non-hydrogen) atoms. The molecule has 0 aromatic heterocycles. The largest absolute Gasteiger partial charge is 0.470 e. The Balaban J connectivity index is 0.000000956. The summed E-state index contributed by atoms with van der Waals surface area (Å²) < 4.78 is 5.23. The number of anilines is 1. The van der Waals surface area contributed by atoms with E-state index in [9.17, 15) is 14.9 Å². The number of hydrogen-bond donors (Lipinski definition) is 3. The van der Waals surface area contributed by atoms with E-state index >= 15 is 0 Å². The highest BCUT2D eigenvalue weighted by Gasteiger charge is 2.44. The van der Waals surface area contributed by atoms with Gasteiger partial charge in [-0.05, 0) is 6.07 Å². The Bertz CT molecular complexity index is 513. The smallest absolute Gasteiger partial charge is 0.273 e. The number of ether oxygens (including phenoxy) is 1. The van der Waals surface area contributed by atoms with Gasteiger partial charge in [-0.15, -0.1) is 0 Å². The number of aliphatic hydroxyl groups is 2. The Morgan fingerprint density at radius 3 is 2.45 bits per heavy atom. The number of nitro benzene ring substituents is 1. The highest BCUT2D eigenvalue weighted by atomic mass is 16.6. The minimum atomic E-state index is -1.76. The summed E-state index contributed by atoms with van der Waals surface area (Å²) in [5.41, 5.74) is -1.83. The predicted octanol–water partition coefficient (Wildman–Crippen LogP) is 0.675. The van der Waals surface area contributed by atoms with Crippen molar-refractivity contribution in [3.05, 3.63) is 28.3 Å². The summed E-state index contributed by atoms with van der Waals surface area (Å²) in [5, 5.41) is 31.2. The van der Waals surface area contributed by atoms with E-state index in [-0.39, 0.29) is 17.1 Å². The number of nitrogens with zero attached hydrogens (tertiary/aromatic N) is 1. The molecule has 0 radical (unpaired) electrons. The number of hydrogen-bond acceptors (Lipinski definition) is 6. The molecule has 1 aliphatic rings. The van der Waals surface area contributed by atoms with Crippen molar-refractivity contribution in [2.45, 2.75) is 19.4 Å². The molecule has 1 aromatic carbocycles. The Morgan fingerprint density at radius 2 is 1.95 bits per heavy atom. The number of rotatable bonds is 3. The molecule has 1 aliphatic heterocycles. The number of carbonyl (C=O) groups is 1. The molecule has 0 fully saturated rings. The van der Waals surface area contributed by atoms with Crippen LogP contribution < -0.4 is 10.1 Å². The summed E-state index contributed by atoms with van der Waals surface area (Å²) in [6, 6.07) is 3.65. The van der Waals surface area contributed by atoms with Gasteiger partial charge in [0.1, 0.15) is 5.75 Å². The van der Waals surface area contributed by atoms with Gasteiger partial charge in [-0.1, -0.05) is 13.8 Å². The van der Waals surface area contributed by atoms with E-state index in [1.807, 2.05) is 13.8 Å². The quantitative estimate of drug-likeness (QED) is 0.554. The lowest BCUT2D eigenvalue weighted by atomic mass is 10.0. The van der Waals surface area contributed by atoms with Crippen molar-refractivity contribution < 1.29 is 24.7 Å². The number of nitrogens with one attached hydrogen (secondary N) is 1. The van der Waals surface area contributed by atoms with Gasteiger partial charge in [-0.3, -0.25) is 14.9 Å². The molecule has 8 heteroatoms. The summed E-state index contributed by atoms with van der Waals surface area (Å²) in [6.07, 6.45) is 0. The maximum atomic E-state index is 11.7. The molecule has 110 valence electrons. The van der Waals surface area contributed by atoms with E-state index in [1.54, 1.807) is 0 Å². The van der Waals surface area contributed by atoms with E-state index in [4.69, 9.17) is 14.9 Å². The van der Waals surface area contributed by atoms with Crippen molar-refractivity contribution in [1.82, 2.24) is 0 Å². The monoisotopic (exact) mass is 284 g/mol. The third kappa shape index (κ3) is 2.70. The Kier molecular flexibility index (Phi) is 5.00. The van der Waals surface area contributed by atoms with Gasteiger partial charge in [0.25, 0.3) is 11.6 Å². The fraction of sp³-hybridized carbons (Fsp3) is 0.417. The topological polar surface area (TPSA) is 122 Å². The van der Waals surface area contributed by atoms with Crippen LogP contribution in [0.2, 0.25) is 0 Å². The molecule has 3 N–H and O–H groups in total. The van der Waals surface area contributed by atoms with Crippen molar-refractivity contribution in [2.75, 3.05) is 18.5 Å². The average Bonchev–Trinajstić information content (AvgIpc) is 2.48. The zero-order chi connectivity index (χ0) is 15.3. The minimum Gasteiger partial charge on any atom is -0.470 e. The van der Waals surface area contributed by atoms with Gasteiger partial charge in [0, 0.05) is 12.1 Å².